The maximum atomic E-state index is 3.35. The molecule has 0 bridgehead atoms. The van der Waals surface area contributed by atoms with Crippen molar-refractivity contribution in [2.24, 2.45) is 0 Å². The molecule has 58 valence electrons. The van der Waals surface area contributed by atoms with Crippen LogP contribution in [0.3, 0.4) is 0 Å². The van der Waals surface area contributed by atoms with Gasteiger partial charge in [-0.3, -0.25) is 0 Å². The smallest absolute Gasteiger partial charge is 0.0972 e. The quantitative estimate of drug-likeness (QED) is 0.633. The number of rotatable bonds is 3. The van der Waals surface area contributed by atoms with Crippen LogP contribution in [0.15, 0.2) is 11.9 Å². The Bertz CT molecular complexity index is 125. The van der Waals surface area contributed by atoms with Gasteiger partial charge in [0, 0.05) is 19.6 Å². The first-order valence-electron chi connectivity index (χ1n) is 4.07. The van der Waals surface area contributed by atoms with Crippen LogP contribution in [0.25, 0.3) is 0 Å². The van der Waals surface area contributed by atoms with E-state index in [1.807, 2.05) is 0 Å². The minimum absolute atomic E-state index is 1.11. The molecule has 0 aromatic heterocycles. The zero-order chi connectivity index (χ0) is 7.40. The lowest BCUT2D eigenvalue weighted by atomic mass is 10.4. The van der Waals surface area contributed by atoms with Gasteiger partial charge < -0.3 is 10.2 Å². The zero-order valence-corrected chi connectivity index (χ0v) is 6.85. The van der Waals surface area contributed by atoms with Crippen molar-refractivity contribution >= 4 is 0 Å². The van der Waals surface area contributed by atoms with E-state index in [1.165, 1.54) is 12.2 Å². The predicted molar refractivity (Wildman–Crippen MR) is 43.6 cm³/mol. The zero-order valence-electron chi connectivity index (χ0n) is 6.85. The molecule has 0 aromatic rings. The number of nitrogens with zero attached hydrogens (tertiary/aromatic N) is 1. The lowest BCUT2D eigenvalue weighted by Gasteiger charge is -2.22. The fraction of sp³-hybridized carbons (Fsp3) is 0.750. The van der Waals surface area contributed by atoms with Gasteiger partial charge in [-0.25, -0.2) is 0 Å². The van der Waals surface area contributed by atoms with Crippen LogP contribution in [0.4, 0.5) is 0 Å². The summed E-state index contributed by atoms with van der Waals surface area (Å²) >= 11 is 0. The first kappa shape index (κ1) is 7.45. The Morgan fingerprint density at radius 3 is 2.60 bits per heavy atom. The number of hydrogen-bond donors (Lipinski definition) is 1. The third kappa shape index (κ3) is 1.43. The molecule has 1 rings (SSSR count). The highest BCUT2D eigenvalue weighted by Gasteiger charge is 2.07. The van der Waals surface area contributed by atoms with E-state index in [-0.39, 0.29) is 0 Å². The fourth-order valence-corrected chi connectivity index (χ4v) is 1.29. The summed E-state index contributed by atoms with van der Waals surface area (Å²) in [7, 11) is 0. The molecule has 0 amide bonds. The average Bonchev–Trinajstić information content (AvgIpc) is 2.43. The Morgan fingerprint density at radius 2 is 2.20 bits per heavy atom. The first-order valence-corrected chi connectivity index (χ1v) is 4.07. The van der Waals surface area contributed by atoms with Gasteiger partial charge in [-0.2, -0.15) is 0 Å². The standard InChI is InChI=1S/C8H16N2/c1-3-10(4-2)8-6-5-7-9-8/h6,9H,3-5,7H2,1-2H3. The van der Waals surface area contributed by atoms with E-state index in [2.05, 4.69) is 30.1 Å². The van der Waals surface area contributed by atoms with E-state index >= 15 is 0 Å². The molecule has 0 aromatic carbocycles. The minimum atomic E-state index is 1.11. The Hall–Kier alpha value is -0.660. The number of nitrogens with one attached hydrogen (secondary N) is 1. The summed E-state index contributed by atoms with van der Waals surface area (Å²) in [5.74, 6) is 1.32. The molecule has 10 heavy (non-hydrogen) atoms. The van der Waals surface area contributed by atoms with Crippen LogP contribution in [0, 0.1) is 0 Å². The van der Waals surface area contributed by atoms with Crippen LogP contribution >= 0.6 is 0 Å². The highest BCUT2D eigenvalue weighted by molar-refractivity contribution is 5.04. The van der Waals surface area contributed by atoms with Crippen molar-refractivity contribution in [3.05, 3.63) is 11.9 Å². The molecule has 0 spiro atoms. The molecule has 0 saturated heterocycles. The third-order valence-corrected chi connectivity index (χ3v) is 1.89. The minimum Gasteiger partial charge on any atom is -0.372 e. The summed E-state index contributed by atoms with van der Waals surface area (Å²) in [5.41, 5.74) is 0. The molecule has 1 N–H and O–H groups in total. The summed E-state index contributed by atoms with van der Waals surface area (Å²) in [6.07, 6.45) is 3.46. The molecule has 1 aliphatic heterocycles. The Morgan fingerprint density at radius 1 is 1.50 bits per heavy atom. The molecular formula is C8H16N2. The van der Waals surface area contributed by atoms with Crippen LogP contribution < -0.4 is 5.32 Å². The monoisotopic (exact) mass is 140 g/mol. The molecule has 0 atom stereocenters. The van der Waals surface area contributed by atoms with E-state index < -0.39 is 0 Å². The molecule has 0 saturated carbocycles. The van der Waals surface area contributed by atoms with Crippen molar-refractivity contribution in [3.8, 4) is 0 Å². The van der Waals surface area contributed by atoms with Gasteiger partial charge in [-0.1, -0.05) is 0 Å². The van der Waals surface area contributed by atoms with Crippen molar-refractivity contribution in [3.63, 3.8) is 0 Å². The maximum absolute atomic E-state index is 3.35. The van der Waals surface area contributed by atoms with Crippen LogP contribution in [0.2, 0.25) is 0 Å². The van der Waals surface area contributed by atoms with E-state index in [9.17, 15) is 0 Å². The van der Waals surface area contributed by atoms with Crippen LogP contribution in [-0.4, -0.2) is 24.5 Å². The van der Waals surface area contributed by atoms with Gasteiger partial charge in [-0.15, -0.1) is 0 Å². The Balaban J connectivity index is 2.44. The highest BCUT2D eigenvalue weighted by atomic mass is 15.2. The van der Waals surface area contributed by atoms with E-state index in [0.29, 0.717) is 0 Å². The van der Waals surface area contributed by atoms with Crippen molar-refractivity contribution in [1.82, 2.24) is 10.2 Å². The number of hydrogen-bond acceptors (Lipinski definition) is 2. The van der Waals surface area contributed by atoms with Gasteiger partial charge in [0.1, 0.15) is 0 Å². The molecule has 1 aliphatic rings. The lowest BCUT2D eigenvalue weighted by Crippen LogP contribution is -2.28. The van der Waals surface area contributed by atoms with Gasteiger partial charge >= 0.3 is 0 Å². The van der Waals surface area contributed by atoms with E-state index in [1.54, 1.807) is 0 Å². The molecule has 0 radical (unpaired) electrons. The summed E-state index contributed by atoms with van der Waals surface area (Å²) in [4.78, 5) is 2.34. The van der Waals surface area contributed by atoms with Crippen molar-refractivity contribution in [2.45, 2.75) is 20.3 Å². The van der Waals surface area contributed by atoms with Crippen LogP contribution in [0.5, 0.6) is 0 Å². The summed E-state index contributed by atoms with van der Waals surface area (Å²) in [5, 5.41) is 3.35. The van der Waals surface area contributed by atoms with E-state index in [0.717, 1.165) is 19.6 Å². The van der Waals surface area contributed by atoms with Gasteiger partial charge in [-0.05, 0) is 26.3 Å². The van der Waals surface area contributed by atoms with Gasteiger partial charge in [0.25, 0.3) is 0 Å². The topological polar surface area (TPSA) is 15.3 Å². The van der Waals surface area contributed by atoms with Gasteiger partial charge in [0.15, 0.2) is 0 Å². The molecule has 1 heterocycles. The Kier molecular flexibility index (Phi) is 2.60. The van der Waals surface area contributed by atoms with Crippen LogP contribution in [0.1, 0.15) is 20.3 Å². The normalized spacial score (nSPS) is 16.4. The molecule has 2 nitrogen and oxygen atoms in total. The molecule has 0 fully saturated rings. The van der Waals surface area contributed by atoms with Crippen molar-refractivity contribution in [2.75, 3.05) is 19.6 Å². The summed E-state index contributed by atoms with van der Waals surface area (Å²) in [6, 6.07) is 0. The molecule has 2 heteroatoms. The second-order valence-electron chi connectivity index (χ2n) is 2.48. The highest BCUT2D eigenvalue weighted by Crippen LogP contribution is 2.06. The third-order valence-electron chi connectivity index (χ3n) is 1.89. The lowest BCUT2D eigenvalue weighted by molar-refractivity contribution is 0.361. The SMILES string of the molecule is CCN(CC)C1=CCCN1. The second kappa shape index (κ2) is 3.49. The fourth-order valence-electron chi connectivity index (χ4n) is 1.29. The van der Waals surface area contributed by atoms with Crippen LogP contribution in [-0.2, 0) is 0 Å². The second-order valence-corrected chi connectivity index (χ2v) is 2.48. The Labute approximate surface area is 62.9 Å². The van der Waals surface area contributed by atoms with Crippen molar-refractivity contribution in [1.29, 1.82) is 0 Å². The predicted octanol–water partition coefficient (Wildman–Crippen LogP) is 1.16. The molecule has 0 unspecified atom stereocenters. The molecule has 0 aliphatic carbocycles. The summed E-state index contributed by atoms with van der Waals surface area (Å²) in [6.45, 7) is 7.70. The maximum Gasteiger partial charge on any atom is 0.0972 e. The van der Waals surface area contributed by atoms with Gasteiger partial charge in [0.2, 0.25) is 0 Å². The molecular weight excluding hydrogens is 124 g/mol. The van der Waals surface area contributed by atoms with Crippen molar-refractivity contribution < 1.29 is 0 Å². The largest absolute Gasteiger partial charge is 0.372 e. The average molecular weight is 140 g/mol. The van der Waals surface area contributed by atoms with E-state index in [4.69, 9.17) is 0 Å². The summed E-state index contributed by atoms with van der Waals surface area (Å²) < 4.78 is 0. The first-order chi connectivity index (χ1) is 4.88. The van der Waals surface area contributed by atoms with Gasteiger partial charge in [0.05, 0.1) is 5.82 Å².